The average Bonchev–Trinajstić information content (AvgIpc) is 3.72. The molecule has 254 valence electrons. The van der Waals surface area contributed by atoms with Gasteiger partial charge in [-0.1, -0.05) is 6.07 Å². The first-order chi connectivity index (χ1) is 22.3. The molecule has 3 aliphatic rings. The van der Waals surface area contributed by atoms with Crippen molar-refractivity contribution in [3.05, 3.63) is 35.6 Å². The van der Waals surface area contributed by atoms with E-state index in [4.69, 9.17) is 24.4 Å². The fourth-order valence-electron chi connectivity index (χ4n) is 8.03. The number of nitrogens with zero attached hydrogens (tertiary/aromatic N) is 1. The summed E-state index contributed by atoms with van der Waals surface area (Å²) in [5, 5.41) is 0.726. The number of nitrogens with two attached hydrogens (primary N) is 1. The van der Waals surface area contributed by atoms with E-state index in [0.29, 0.717) is 50.5 Å². The van der Waals surface area contributed by atoms with Gasteiger partial charge in [-0.3, -0.25) is 9.59 Å². The molecule has 2 saturated carbocycles. The molecular formula is C36H51FN2O7. The Balaban J connectivity index is 1.28. The van der Waals surface area contributed by atoms with Crippen molar-refractivity contribution in [2.75, 3.05) is 40.1 Å². The van der Waals surface area contributed by atoms with Crippen LogP contribution in [0.4, 0.5) is 4.39 Å². The predicted molar refractivity (Wildman–Crippen MR) is 172 cm³/mol. The third-order valence-electron chi connectivity index (χ3n) is 10.7. The number of amides is 1. The van der Waals surface area contributed by atoms with E-state index in [1.807, 2.05) is 24.0 Å². The summed E-state index contributed by atoms with van der Waals surface area (Å²) in [5.41, 5.74) is 7.34. The van der Waals surface area contributed by atoms with Gasteiger partial charge in [0.15, 0.2) is 5.78 Å². The Morgan fingerprint density at radius 1 is 1.02 bits per heavy atom. The van der Waals surface area contributed by atoms with Crippen LogP contribution in [0.2, 0.25) is 0 Å². The van der Waals surface area contributed by atoms with Gasteiger partial charge in [-0.2, -0.15) is 0 Å². The number of fused-ring (bicyclic) bond motifs is 1. The number of carbonyl (C=O) groups is 3. The Morgan fingerprint density at radius 3 is 2.48 bits per heavy atom. The summed E-state index contributed by atoms with van der Waals surface area (Å²) >= 11 is 0. The molecule has 1 saturated heterocycles. The number of hydrogen-bond acceptors (Lipinski definition) is 8. The van der Waals surface area contributed by atoms with Gasteiger partial charge in [0.05, 0.1) is 18.8 Å². The minimum Gasteiger partial charge on any atom is -0.460 e. The van der Waals surface area contributed by atoms with Crippen molar-refractivity contribution in [3.63, 3.8) is 0 Å². The Hall–Kier alpha value is -2.82. The molecule has 10 heteroatoms. The lowest BCUT2D eigenvalue weighted by Gasteiger charge is -2.37. The molecule has 46 heavy (non-hydrogen) atoms. The van der Waals surface area contributed by atoms with Gasteiger partial charge in [0.1, 0.15) is 12.3 Å². The lowest BCUT2D eigenvalue weighted by atomic mass is 9.74. The second-order valence-electron chi connectivity index (χ2n) is 13.4. The van der Waals surface area contributed by atoms with Crippen LogP contribution in [-0.2, 0) is 30.2 Å². The number of rotatable bonds is 14. The number of ketones is 1. The normalized spacial score (nSPS) is 27.5. The standard InChI is InChI=1S/C36H51FN2O7/c1-3-44-17-4-18-45-36(42)33-21-27-19-23(5-14-32(27)46-33)20-31(40)34-29(24-10-12-28(43-2)13-11-24)15-16-39(34)35(41)26-8-6-25(7-9-26)30(38)22-37/h5,14,19,21,24-26,28-30,34H,3-4,6-13,15-18,20,22,38H2,1-2H3/t24?,25?,26?,28?,29-,30+,34-/m0/s1. The van der Waals surface area contributed by atoms with E-state index >= 15 is 0 Å². The SMILES string of the molecule is CCOCCCOC(=O)c1cc2cc(CC(=O)[C@@H]3[C@H](C4CCC(OC)CC4)CCN3C(=O)C3CCC([C@H](N)CF)CC3)ccc2o1. The number of halogens is 1. The van der Waals surface area contributed by atoms with Crippen molar-refractivity contribution in [1.29, 1.82) is 0 Å². The highest BCUT2D eigenvalue weighted by atomic mass is 19.1. The highest BCUT2D eigenvalue weighted by molar-refractivity contribution is 5.94. The van der Waals surface area contributed by atoms with Crippen LogP contribution in [0.1, 0.15) is 87.3 Å². The molecule has 2 aromatic rings. The van der Waals surface area contributed by atoms with Gasteiger partial charge < -0.3 is 29.3 Å². The van der Waals surface area contributed by atoms with E-state index in [9.17, 15) is 18.8 Å². The summed E-state index contributed by atoms with van der Waals surface area (Å²) in [6, 6.07) is 6.25. The van der Waals surface area contributed by atoms with Crippen molar-refractivity contribution >= 4 is 28.6 Å². The molecule has 1 aliphatic heterocycles. The summed E-state index contributed by atoms with van der Waals surface area (Å²) in [6.45, 7) is 3.35. The fourth-order valence-corrected chi connectivity index (χ4v) is 8.03. The molecular weight excluding hydrogens is 591 g/mol. The van der Waals surface area contributed by atoms with Gasteiger partial charge in [0.25, 0.3) is 0 Å². The maximum atomic E-state index is 14.2. The van der Waals surface area contributed by atoms with E-state index in [1.165, 1.54) is 0 Å². The number of esters is 1. The molecule has 2 heterocycles. The summed E-state index contributed by atoms with van der Waals surface area (Å²) in [6.07, 6.45) is 8.67. The second kappa shape index (κ2) is 16.3. The van der Waals surface area contributed by atoms with Crippen LogP contribution >= 0.6 is 0 Å². The van der Waals surface area contributed by atoms with Crippen molar-refractivity contribution in [2.24, 2.45) is 29.4 Å². The molecule has 5 rings (SSSR count). The first kappa shape index (κ1) is 34.5. The van der Waals surface area contributed by atoms with Gasteiger partial charge in [-0.15, -0.1) is 0 Å². The van der Waals surface area contributed by atoms with Crippen LogP contribution in [0.15, 0.2) is 28.7 Å². The highest BCUT2D eigenvalue weighted by Crippen LogP contribution is 2.42. The number of carbonyl (C=O) groups excluding carboxylic acids is 3. The summed E-state index contributed by atoms with van der Waals surface area (Å²) in [5.74, 6) is 0.147. The molecule has 0 unspecified atom stereocenters. The van der Waals surface area contributed by atoms with Gasteiger partial charge >= 0.3 is 5.97 Å². The lowest BCUT2D eigenvalue weighted by Crippen LogP contribution is -2.48. The van der Waals surface area contributed by atoms with Crippen LogP contribution in [0.25, 0.3) is 11.0 Å². The van der Waals surface area contributed by atoms with Crippen LogP contribution in [0.3, 0.4) is 0 Å². The van der Waals surface area contributed by atoms with Crippen LogP contribution in [0.5, 0.6) is 0 Å². The molecule has 1 amide bonds. The van der Waals surface area contributed by atoms with Gasteiger partial charge in [-0.05, 0) is 106 Å². The Labute approximate surface area is 271 Å². The van der Waals surface area contributed by atoms with Crippen LogP contribution in [0, 0.1) is 23.7 Å². The topological polar surface area (TPSA) is 121 Å². The minimum absolute atomic E-state index is 0.0506. The molecule has 0 bridgehead atoms. The van der Waals surface area contributed by atoms with Gasteiger partial charge in [-0.25, -0.2) is 9.18 Å². The van der Waals surface area contributed by atoms with Crippen molar-refractivity contribution < 1.29 is 37.4 Å². The number of hydrogen-bond donors (Lipinski definition) is 1. The molecule has 2 N–H and O–H groups in total. The quantitative estimate of drug-likeness (QED) is 0.207. The Bertz CT molecular complexity index is 1310. The third-order valence-corrected chi connectivity index (χ3v) is 10.7. The molecule has 1 aromatic heterocycles. The Kier molecular flexibility index (Phi) is 12.3. The zero-order valence-corrected chi connectivity index (χ0v) is 27.4. The van der Waals surface area contributed by atoms with E-state index in [0.717, 1.165) is 55.9 Å². The van der Waals surface area contributed by atoms with Gasteiger partial charge in [0, 0.05) is 57.1 Å². The summed E-state index contributed by atoms with van der Waals surface area (Å²) in [4.78, 5) is 42.6. The average molecular weight is 643 g/mol. The highest BCUT2D eigenvalue weighted by Gasteiger charge is 2.47. The monoisotopic (exact) mass is 642 g/mol. The molecule has 3 atom stereocenters. The van der Waals surface area contributed by atoms with Gasteiger partial charge in [0.2, 0.25) is 11.7 Å². The van der Waals surface area contributed by atoms with Crippen LogP contribution < -0.4 is 5.73 Å². The first-order valence-electron chi connectivity index (χ1n) is 17.3. The van der Waals surface area contributed by atoms with E-state index in [-0.39, 0.29) is 54.3 Å². The molecule has 2 aliphatic carbocycles. The molecule has 9 nitrogen and oxygen atoms in total. The number of likely N-dealkylation sites (tertiary alicyclic amines) is 1. The number of alkyl halides is 1. The summed E-state index contributed by atoms with van der Waals surface area (Å²) < 4.78 is 35.1. The summed E-state index contributed by atoms with van der Waals surface area (Å²) in [7, 11) is 1.76. The van der Waals surface area contributed by atoms with Crippen molar-refractivity contribution in [1.82, 2.24) is 4.90 Å². The van der Waals surface area contributed by atoms with E-state index in [1.54, 1.807) is 19.2 Å². The lowest BCUT2D eigenvalue weighted by molar-refractivity contribution is -0.143. The predicted octanol–water partition coefficient (Wildman–Crippen LogP) is 5.65. The zero-order valence-electron chi connectivity index (χ0n) is 27.4. The minimum atomic E-state index is -0.538. The fraction of sp³-hybridized carbons (Fsp3) is 0.694. The zero-order chi connectivity index (χ0) is 32.6. The maximum Gasteiger partial charge on any atom is 0.374 e. The number of methoxy groups -OCH3 is 1. The first-order valence-corrected chi connectivity index (χ1v) is 17.3. The van der Waals surface area contributed by atoms with E-state index < -0.39 is 24.7 Å². The largest absolute Gasteiger partial charge is 0.460 e. The second-order valence-corrected chi connectivity index (χ2v) is 13.4. The molecule has 1 aromatic carbocycles. The van der Waals surface area contributed by atoms with Crippen molar-refractivity contribution in [2.45, 2.75) is 95.7 Å². The molecule has 0 radical (unpaired) electrons. The third kappa shape index (κ3) is 8.17. The molecule has 0 spiro atoms. The number of Topliss-reactive ketones (excluding diaryl/α,β-unsaturated/α-hetero) is 1. The molecule has 3 fully saturated rings. The number of furan rings is 1. The smallest absolute Gasteiger partial charge is 0.374 e. The van der Waals surface area contributed by atoms with Crippen LogP contribution in [-0.4, -0.2) is 80.9 Å². The Morgan fingerprint density at radius 2 is 1.78 bits per heavy atom. The van der Waals surface area contributed by atoms with E-state index in [2.05, 4.69) is 0 Å². The maximum absolute atomic E-state index is 14.2. The van der Waals surface area contributed by atoms with Crippen molar-refractivity contribution in [3.8, 4) is 0 Å². The number of benzene rings is 1. The number of ether oxygens (including phenoxy) is 3.